The molecule has 1 unspecified atom stereocenters. The van der Waals surface area contributed by atoms with Gasteiger partial charge in [0.15, 0.2) is 0 Å². The maximum absolute atomic E-state index is 12.4. The summed E-state index contributed by atoms with van der Waals surface area (Å²) in [7, 11) is 0. The average molecular weight is 369 g/mol. The fourth-order valence-electron chi connectivity index (χ4n) is 2.95. The minimum absolute atomic E-state index is 0.0324. The van der Waals surface area contributed by atoms with E-state index >= 15 is 0 Å². The van der Waals surface area contributed by atoms with Crippen molar-refractivity contribution in [3.8, 4) is 0 Å². The van der Waals surface area contributed by atoms with Crippen molar-refractivity contribution in [1.29, 1.82) is 0 Å². The van der Waals surface area contributed by atoms with E-state index in [1.165, 1.54) is 5.56 Å². The Hall–Kier alpha value is -2.27. The summed E-state index contributed by atoms with van der Waals surface area (Å²) in [5, 5.41) is 2.89. The SMILES string of the molecule is CCCCC(=O)Nc1ccc(C2SCC(=O)N2c2ccc(C)cc2)cc1. The van der Waals surface area contributed by atoms with Gasteiger partial charge in [0.2, 0.25) is 11.8 Å². The Labute approximate surface area is 159 Å². The highest BCUT2D eigenvalue weighted by atomic mass is 32.2. The molecule has 0 aromatic heterocycles. The molecule has 0 spiro atoms. The zero-order valence-corrected chi connectivity index (χ0v) is 16.0. The average Bonchev–Trinajstić information content (AvgIpc) is 3.03. The lowest BCUT2D eigenvalue weighted by atomic mass is 10.1. The van der Waals surface area contributed by atoms with Gasteiger partial charge in [0.05, 0.1) is 5.75 Å². The summed E-state index contributed by atoms with van der Waals surface area (Å²) in [5.74, 6) is 0.653. The lowest BCUT2D eigenvalue weighted by Gasteiger charge is -2.24. The molecule has 1 aliphatic rings. The van der Waals surface area contributed by atoms with Gasteiger partial charge in [-0.3, -0.25) is 14.5 Å². The summed E-state index contributed by atoms with van der Waals surface area (Å²) in [6, 6.07) is 15.9. The van der Waals surface area contributed by atoms with Crippen LogP contribution in [-0.2, 0) is 9.59 Å². The van der Waals surface area contributed by atoms with Gasteiger partial charge in [0.1, 0.15) is 5.37 Å². The molecule has 2 amide bonds. The number of rotatable bonds is 6. The van der Waals surface area contributed by atoms with Crippen LogP contribution in [0.4, 0.5) is 11.4 Å². The first-order valence-corrected chi connectivity index (χ1v) is 10.0. The molecule has 4 nitrogen and oxygen atoms in total. The molecule has 1 N–H and O–H groups in total. The highest BCUT2D eigenvalue weighted by Gasteiger charge is 2.33. The fourth-order valence-corrected chi connectivity index (χ4v) is 4.12. The molecule has 0 saturated carbocycles. The number of anilines is 2. The largest absolute Gasteiger partial charge is 0.326 e. The van der Waals surface area contributed by atoms with E-state index in [1.54, 1.807) is 11.8 Å². The predicted octanol–water partition coefficient (Wildman–Crippen LogP) is 4.90. The van der Waals surface area contributed by atoms with Gasteiger partial charge in [-0.05, 0) is 43.2 Å². The normalized spacial score (nSPS) is 16.8. The number of amides is 2. The van der Waals surface area contributed by atoms with Crippen LogP contribution in [0.15, 0.2) is 48.5 Å². The van der Waals surface area contributed by atoms with Crippen molar-refractivity contribution in [3.05, 3.63) is 59.7 Å². The number of carbonyl (C=O) groups excluding carboxylic acids is 2. The van der Waals surface area contributed by atoms with E-state index in [4.69, 9.17) is 0 Å². The Morgan fingerprint density at radius 3 is 2.50 bits per heavy atom. The standard InChI is InChI=1S/C21H24N2O2S/c1-3-4-5-19(24)22-17-10-8-16(9-11-17)21-23(20(25)14-26-21)18-12-6-15(2)7-13-18/h6-13,21H,3-5,14H2,1-2H3,(H,22,24). The molecule has 1 fully saturated rings. The second-order valence-electron chi connectivity index (χ2n) is 6.54. The number of nitrogens with zero attached hydrogens (tertiary/aromatic N) is 1. The first-order chi connectivity index (χ1) is 12.6. The number of hydrogen-bond acceptors (Lipinski definition) is 3. The molecule has 1 aliphatic heterocycles. The monoisotopic (exact) mass is 368 g/mol. The molecule has 2 aromatic rings. The summed E-state index contributed by atoms with van der Waals surface area (Å²) in [4.78, 5) is 26.1. The van der Waals surface area contributed by atoms with Crippen LogP contribution in [0.1, 0.15) is 42.7 Å². The van der Waals surface area contributed by atoms with Crippen molar-refractivity contribution in [2.75, 3.05) is 16.0 Å². The van der Waals surface area contributed by atoms with Crippen molar-refractivity contribution >= 4 is 35.0 Å². The molecule has 0 aliphatic carbocycles. The Balaban J connectivity index is 1.74. The Bertz CT molecular complexity index is 772. The molecule has 26 heavy (non-hydrogen) atoms. The Morgan fingerprint density at radius 1 is 1.15 bits per heavy atom. The third-order valence-electron chi connectivity index (χ3n) is 4.42. The molecule has 0 radical (unpaired) electrons. The molecule has 5 heteroatoms. The van der Waals surface area contributed by atoms with Crippen LogP contribution in [0.3, 0.4) is 0 Å². The van der Waals surface area contributed by atoms with E-state index in [0.29, 0.717) is 12.2 Å². The van der Waals surface area contributed by atoms with Crippen molar-refractivity contribution < 1.29 is 9.59 Å². The van der Waals surface area contributed by atoms with Gasteiger partial charge in [-0.1, -0.05) is 43.2 Å². The third kappa shape index (κ3) is 4.28. The molecule has 3 rings (SSSR count). The fraction of sp³-hybridized carbons (Fsp3) is 0.333. The van der Waals surface area contributed by atoms with Crippen LogP contribution < -0.4 is 10.2 Å². The smallest absolute Gasteiger partial charge is 0.238 e. The van der Waals surface area contributed by atoms with E-state index in [-0.39, 0.29) is 17.2 Å². The van der Waals surface area contributed by atoms with E-state index in [1.807, 2.05) is 60.4 Å². The van der Waals surface area contributed by atoms with Gasteiger partial charge >= 0.3 is 0 Å². The minimum atomic E-state index is -0.0324. The first-order valence-electron chi connectivity index (χ1n) is 8.98. The molecular weight excluding hydrogens is 344 g/mol. The minimum Gasteiger partial charge on any atom is -0.326 e. The van der Waals surface area contributed by atoms with Crippen molar-refractivity contribution in [3.63, 3.8) is 0 Å². The van der Waals surface area contributed by atoms with Crippen LogP contribution in [0, 0.1) is 6.92 Å². The highest BCUT2D eigenvalue weighted by Crippen LogP contribution is 2.41. The predicted molar refractivity (Wildman–Crippen MR) is 108 cm³/mol. The van der Waals surface area contributed by atoms with Gasteiger partial charge in [-0.15, -0.1) is 11.8 Å². The molecule has 2 aromatic carbocycles. The van der Waals surface area contributed by atoms with Gasteiger partial charge in [-0.25, -0.2) is 0 Å². The van der Waals surface area contributed by atoms with Crippen LogP contribution in [-0.4, -0.2) is 17.6 Å². The first kappa shape index (κ1) is 18.5. The van der Waals surface area contributed by atoms with Crippen molar-refractivity contribution in [2.24, 2.45) is 0 Å². The number of thioether (sulfide) groups is 1. The summed E-state index contributed by atoms with van der Waals surface area (Å²) in [6.45, 7) is 4.11. The zero-order valence-electron chi connectivity index (χ0n) is 15.2. The molecule has 136 valence electrons. The Morgan fingerprint density at radius 2 is 1.85 bits per heavy atom. The summed E-state index contributed by atoms with van der Waals surface area (Å²) in [6.07, 6.45) is 2.46. The lowest BCUT2D eigenvalue weighted by Crippen LogP contribution is -2.27. The Kier molecular flexibility index (Phi) is 5.99. The topological polar surface area (TPSA) is 49.4 Å². The van der Waals surface area contributed by atoms with E-state index < -0.39 is 0 Å². The second-order valence-corrected chi connectivity index (χ2v) is 7.60. The lowest BCUT2D eigenvalue weighted by molar-refractivity contribution is -0.116. The number of aryl methyl sites for hydroxylation is 1. The van der Waals surface area contributed by atoms with Crippen LogP contribution in [0.25, 0.3) is 0 Å². The second kappa shape index (κ2) is 8.41. The number of nitrogens with one attached hydrogen (secondary N) is 1. The van der Waals surface area contributed by atoms with E-state index in [0.717, 1.165) is 29.8 Å². The summed E-state index contributed by atoms with van der Waals surface area (Å²) >= 11 is 1.63. The van der Waals surface area contributed by atoms with Crippen LogP contribution in [0.2, 0.25) is 0 Å². The van der Waals surface area contributed by atoms with Gasteiger partial charge < -0.3 is 5.32 Å². The quantitative estimate of drug-likeness (QED) is 0.789. The third-order valence-corrected chi connectivity index (χ3v) is 5.63. The number of benzene rings is 2. The maximum atomic E-state index is 12.4. The molecule has 1 heterocycles. The van der Waals surface area contributed by atoms with Gasteiger partial charge in [0, 0.05) is 17.8 Å². The zero-order chi connectivity index (χ0) is 18.5. The highest BCUT2D eigenvalue weighted by molar-refractivity contribution is 8.00. The van der Waals surface area contributed by atoms with Crippen molar-refractivity contribution in [1.82, 2.24) is 0 Å². The van der Waals surface area contributed by atoms with E-state index in [2.05, 4.69) is 12.2 Å². The molecule has 1 saturated heterocycles. The number of carbonyl (C=O) groups is 2. The number of unbranched alkanes of at least 4 members (excludes halogenated alkanes) is 1. The molecule has 0 bridgehead atoms. The molecular formula is C21H24N2O2S. The van der Waals surface area contributed by atoms with Gasteiger partial charge in [-0.2, -0.15) is 0 Å². The summed E-state index contributed by atoms with van der Waals surface area (Å²) in [5.41, 5.74) is 3.96. The number of hydrogen-bond donors (Lipinski definition) is 1. The molecule has 1 atom stereocenters. The van der Waals surface area contributed by atoms with E-state index in [9.17, 15) is 9.59 Å². The van der Waals surface area contributed by atoms with Crippen molar-refractivity contribution in [2.45, 2.75) is 38.5 Å². The van der Waals surface area contributed by atoms with Gasteiger partial charge in [0.25, 0.3) is 0 Å². The van der Waals surface area contributed by atoms with Crippen LogP contribution in [0.5, 0.6) is 0 Å². The maximum Gasteiger partial charge on any atom is 0.238 e. The van der Waals surface area contributed by atoms with Crippen LogP contribution >= 0.6 is 11.8 Å². The summed E-state index contributed by atoms with van der Waals surface area (Å²) < 4.78 is 0.